The first kappa shape index (κ1) is 13.1. The SMILES string of the molecule is O=C(Nc1cnccc1Cl)c1ccc(Cl)cc1Cl. The van der Waals surface area contributed by atoms with Crippen LogP contribution in [0.4, 0.5) is 5.69 Å². The molecular weight excluding hydrogens is 295 g/mol. The number of pyridine rings is 1. The monoisotopic (exact) mass is 300 g/mol. The number of hydrogen-bond donors (Lipinski definition) is 1. The molecule has 0 radical (unpaired) electrons. The Morgan fingerprint density at radius 1 is 1.11 bits per heavy atom. The van der Waals surface area contributed by atoms with Crippen molar-refractivity contribution >= 4 is 46.4 Å². The van der Waals surface area contributed by atoms with Crippen LogP contribution in [0.1, 0.15) is 10.4 Å². The van der Waals surface area contributed by atoms with E-state index < -0.39 is 0 Å². The lowest BCUT2D eigenvalue weighted by Gasteiger charge is -2.07. The Kier molecular flexibility index (Phi) is 4.07. The quantitative estimate of drug-likeness (QED) is 0.899. The summed E-state index contributed by atoms with van der Waals surface area (Å²) in [6.07, 6.45) is 3.00. The van der Waals surface area contributed by atoms with Crippen LogP contribution < -0.4 is 5.32 Å². The zero-order valence-electron chi connectivity index (χ0n) is 8.95. The van der Waals surface area contributed by atoms with Crippen molar-refractivity contribution in [1.29, 1.82) is 0 Å². The molecule has 0 aliphatic heterocycles. The molecule has 18 heavy (non-hydrogen) atoms. The van der Waals surface area contributed by atoms with Crippen molar-refractivity contribution in [1.82, 2.24) is 4.98 Å². The maximum Gasteiger partial charge on any atom is 0.257 e. The first-order chi connectivity index (χ1) is 8.58. The number of hydrogen-bond acceptors (Lipinski definition) is 2. The second-order valence-electron chi connectivity index (χ2n) is 3.43. The molecule has 0 fully saturated rings. The summed E-state index contributed by atoms with van der Waals surface area (Å²) in [6, 6.07) is 6.22. The van der Waals surface area contributed by atoms with Gasteiger partial charge in [0.25, 0.3) is 5.91 Å². The molecule has 6 heteroatoms. The lowest BCUT2D eigenvalue weighted by molar-refractivity contribution is 0.102. The van der Waals surface area contributed by atoms with E-state index in [4.69, 9.17) is 34.8 Å². The predicted molar refractivity (Wildman–Crippen MR) is 73.7 cm³/mol. The van der Waals surface area contributed by atoms with Crippen LogP contribution >= 0.6 is 34.8 Å². The van der Waals surface area contributed by atoms with Crippen LogP contribution in [0.25, 0.3) is 0 Å². The summed E-state index contributed by atoms with van der Waals surface area (Å²) in [5, 5.41) is 3.78. The Balaban J connectivity index is 2.25. The second-order valence-corrected chi connectivity index (χ2v) is 4.68. The Morgan fingerprint density at radius 3 is 2.56 bits per heavy atom. The number of carbonyl (C=O) groups is 1. The molecule has 0 aliphatic rings. The molecule has 2 rings (SSSR count). The van der Waals surface area contributed by atoms with E-state index in [1.54, 1.807) is 18.2 Å². The highest BCUT2D eigenvalue weighted by Gasteiger charge is 2.12. The number of nitrogens with one attached hydrogen (secondary N) is 1. The number of nitrogens with zero attached hydrogens (tertiary/aromatic N) is 1. The van der Waals surface area contributed by atoms with Crippen molar-refractivity contribution in [2.75, 3.05) is 5.32 Å². The van der Waals surface area contributed by atoms with Crippen LogP contribution in [-0.2, 0) is 0 Å². The topological polar surface area (TPSA) is 42.0 Å². The maximum absolute atomic E-state index is 12.0. The Hall–Kier alpha value is -1.29. The number of halogens is 3. The van der Waals surface area contributed by atoms with Gasteiger partial charge in [-0.05, 0) is 24.3 Å². The largest absolute Gasteiger partial charge is 0.319 e. The summed E-state index contributed by atoms with van der Waals surface area (Å²) in [6.45, 7) is 0. The summed E-state index contributed by atoms with van der Waals surface area (Å²) < 4.78 is 0. The van der Waals surface area contributed by atoms with Gasteiger partial charge in [-0.2, -0.15) is 0 Å². The van der Waals surface area contributed by atoms with Gasteiger partial charge in [-0.3, -0.25) is 9.78 Å². The number of rotatable bonds is 2. The van der Waals surface area contributed by atoms with Crippen LogP contribution in [0.15, 0.2) is 36.7 Å². The molecule has 1 aromatic heterocycles. The zero-order chi connectivity index (χ0) is 13.1. The maximum atomic E-state index is 12.0. The van der Waals surface area contributed by atoms with E-state index in [2.05, 4.69) is 10.3 Å². The molecule has 3 nitrogen and oxygen atoms in total. The first-order valence-electron chi connectivity index (χ1n) is 4.94. The zero-order valence-corrected chi connectivity index (χ0v) is 11.2. The molecule has 0 spiro atoms. The minimum atomic E-state index is -0.369. The van der Waals surface area contributed by atoms with Crippen LogP contribution in [-0.4, -0.2) is 10.9 Å². The summed E-state index contributed by atoms with van der Waals surface area (Å²) in [5.74, 6) is -0.369. The number of carbonyl (C=O) groups excluding carboxylic acids is 1. The normalized spacial score (nSPS) is 10.2. The molecular formula is C12H7Cl3N2O. The first-order valence-corrected chi connectivity index (χ1v) is 6.07. The van der Waals surface area contributed by atoms with E-state index in [9.17, 15) is 4.79 Å². The van der Waals surface area contributed by atoms with Gasteiger partial charge in [0.05, 0.1) is 27.5 Å². The molecule has 0 saturated carbocycles. The summed E-state index contributed by atoms with van der Waals surface area (Å²) in [7, 11) is 0. The van der Waals surface area contributed by atoms with Gasteiger partial charge in [-0.1, -0.05) is 34.8 Å². The van der Waals surface area contributed by atoms with E-state index in [-0.39, 0.29) is 10.9 Å². The van der Waals surface area contributed by atoms with E-state index in [1.165, 1.54) is 18.5 Å². The average Bonchev–Trinajstić information content (AvgIpc) is 2.32. The molecule has 0 atom stereocenters. The van der Waals surface area contributed by atoms with Gasteiger partial charge < -0.3 is 5.32 Å². The van der Waals surface area contributed by atoms with Crippen molar-refractivity contribution in [2.45, 2.75) is 0 Å². The summed E-state index contributed by atoms with van der Waals surface area (Å²) in [4.78, 5) is 15.8. The van der Waals surface area contributed by atoms with Crippen LogP contribution in [0.3, 0.4) is 0 Å². The lowest BCUT2D eigenvalue weighted by Crippen LogP contribution is -2.12. The molecule has 1 N–H and O–H groups in total. The van der Waals surface area contributed by atoms with Crippen molar-refractivity contribution < 1.29 is 4.79 Å². The van der Waals surface area contributed by atoms with Gasteiger partial charge in [0.1, 0.15) is 0 Å². The van der Waals surface area contributed by atoms with Gasteiger partial charge in [-0.15, -0.1) is 0 Å². The molecule has 1 heterocycles. The fraction of sp³-hybridized carbons (Fsp3) is 0. The fourth-order valence-corrected chi connectivity index (χ4v) is 1.98. The standard InChI is InChI=1S/C12H7Cl3N2O/c13-7-1-2-8(10(15)5-7)12(18)17-11-6-16-4-3-9(11)14/h1-6H,(H,17,18). The Labute approximate surface area is 119 Å². The van der Waals surface area contributed by atoms with Gasteiger partial charge in [-0.25, -0.2) is 0 Å². The Bertz CT molecular complexity index is 602. The smallest absolute Gasteiger partial charge is 0.257 e. The number of anilines is 1. The molecule has 1 amide bonds. The minimum absolute atomic E-state index is 0.278. The number of benzene rings is 1. The average molecular weight is 302 g/mol. The van der Waals surface area contributed by atoms with Crippen molar-refractivity contribution in [2.24, 2.45) is 0 Å². The highest BCUT2D eigenvalue weighted by atomic mass is 35.5. The van der Waals surface area contributed by atoms with Crippen molar-refractivity contribution in [3.05, 3.63) is 57.3 Å². The summed E-state index contributed by atoms with van der Waals surface area (Å²) in [5.41, 5.74) is 0.746. The molecule has 2 aromatic rings. The van der Waals surface area contributed by atoms with Gasteiger partial charge in [0.15, 0.2) is 0 Å². The van der Waals surface area contributed by atoms with E-state index in [0.29, 0.717) is 21.3 Å². The van der Waals surface area contributed by atoms with E-state index >= 15 is 0 Å². The summed E-state index contributed by atoms with van der Waals surface area (Å²) >= 11 is 17.6. The highest BCUT2D eigenvalue weighted by Crippen LogP contribution is 2.24. The Morgan fingerprint density at radius 2 is 1.89 bits per heavy atom. The molecule has 1 aromatic carbocycles. The predicted octanol–water partition coefficient (Wildman–Crippen LogP) is 4.29. The van der Waals surface area contributed by atoms with E-state index in [1.807, 2.05) is 0 Å². The van der Waals surface area contributed by atoms with Gasteiger partial charge in [0.2, 0.25) is 0 Å². The molecule has 0 aliphatic carbocycles. The third-order valence-electron chi connectivity index (χ3n) is 2.19. The number of aromatic nitrogens is 1. The second kappa shape index (κ2) is 5.57. The van der Waals surface area contributed by atoms with Crippen molar-refractivity contribution in [3.63, 3.8) is 0 Å². The molecule has 92 valence electrons. The molecule has 0 bridgehead atoms. The van der Waals surface area contributed by atoms with Crippen LogP contribution in [0.2, 0.25) is 15.1 Å². The third-order valence-corrected chi connectivity index (χ3v) is 3.07. The minimum Gasteiger partial charge on any atom is -0.319 e. The third kappa shape index (κ3) is 2.93. The van der Waals surface area contributed by atoms with Gasteiger partial charge >= 0.3 is 0 Å². The molecule has 0 unspecified atom stereocenters. The van der Waals surface area contributed by atoms with Crippen LogP contribution in [0, 0.1) is 0 Å². The number of amides is 1. The van der Waals surface area contributed by atoms with Crippen molar-refractivity contribution in [3.8, 4) is 0 Å². The van der Waals surface area contributed by atoms with E-state index in [0.717, 1.165) is 0 Å². The fourth-order valence-electron chi connectivity index (χ4n) is 1.33. The lowest BCUT2D eigenvalue weighted by atomic mass is 10.2. The van der Waals surface area contributed by atoms with Gasteiger partial charge in [0, 0.05) is 11.2 Å². The van der Waals surface area contributed by atoms with Crippen LogP contribution in [0.5, 0.6) is 0 Å². The molecule has 0 saturated heterocycles. The highest BCUT2D eigenvalue weighted by molar-refractivity contribution is 6.37.